The molecule has 30 heavy (non-hydrogen) atoms. The minimum atomic E-state index is -0.262. The average molecular weight is 397 g/mol. The molecular formula is C25H23N3O2. The fourth-order valence-electron chi connectivity index (χ4n) is 3.09. The normalized spacial score (nSPS) is 13.6. The predicted octanol–water partition coefficient (Wildman–Crippen LogP) is 4.86. The Morgan fingerprint density at radius 2 is 1.40 bits per heavy atom. The highest BCUT2D eigenvalue weighted by Crippen LogP contribution is 2.30. The molecule has 5 nitrogen and oxygen atoms in total. The van der Waals surface area contributed by atoms with Crippen LogP contribution < -0.4 is 10.7 Å². The highest BCUT2D eigenvalue weighted by atomic mass is 16.2. The van der Waals surface area contributed by atoms with Crippen molar-refractivity contribution in [1.29, 1.82) is 0 Å². The number of carbonyl (C=O) groups is 2. The smallest absolute Gasteiger partial charge is 0.271 e. The van der Waals surface area contributed by atoms with Gasteiger partial charge >= 0.3 is 0 Å². The number of anilines is 1. The zero-order valence-corrected chi connectivity index (χ0v) is 16.8. The molecule has 4 rings (SSSR count). The summed E-state index contributed by atoms with van der Waals surface area (Å²) >= 11 is 0. The van der Waals surface area contributed by atoms with Gasteiger partial charge in [-0.3, -0.25) is 9.59 Å². The highest BCUT2D eigenvalue weighted by molar-refractivity contribution is 6.01. The fraction of sp³-hybridized carbons (Fsp3) is 0.160. The first kappa shape index (κ1) is 19.6. The van der Waals surface area contributed by atoms with Crippen molar-refractivity contribution >= 4 is 23.2 Å². The number of benzene rings is 3. The SMILES string of the molecule is C/C(=N\NC(=O)c1ccc(-c2ccccc2)cc1)c1ccc(NC(=O)C2CC2)cc1. The van der Waals surface area contributed by atoms with Gasteiger partial charge in [0.05, 0.1) is 5.71 Å². The summed E-state index contributed by atoms with van der Waals surface area (Å²) < 4.78 is 0. The second kappa shape index (κ2) is 8.74. The molecule has 3 aromatic rings. The van der Waals surface area contributed by atoms with Gasteiger partial charge in [0.1, 0.15) is 0 Å². The molecule has 0 heterocycles. The molecule has 2 amide bonds. The molecule has 1 aliphatic rings. The molecule has 0 bridgehead atoms. The van der Waals surface area contributed by atoms with Crippen LogP contribution in [0.3, 0.4) is 0 Å². The van der Waals surface area contributed by atoms with E-state index in [1.807, 2.05) is 73.7 Å². The van der Waals surface area contributed by atoms with Crippen LogP contribution >= 0.6 is 0 Å². The van der Waals surface area contributed by atoms with E-state index in [9.17, 15) is 9.59 Å². The molecule has 0 aromatic heterocycles. The first-order chi connectivity index (χ1) is 14.6. The lowest BCUT2D eigenvalue weighted by Crippen LogP contribution is -2.19. The minimum absolute atomic E-state index is 0.0821. The van der Waals surface area contributed by atoms with Crippen LogP contribution in [-0.4, -0.2) is 17.5 Å². The van der Waals surface area contributed by atoms with E-state index in [1.54, 1.807) is 12.1 Å². The topological polar surface area (TPSA) is 70.6 Å². The number of amides is 2. The summed E-state index contributed by atoms with van der Waals surface area (Å²) in [7, 11) is 0. The van der Waals surface area contributed by atoms with Gasteiger partial charge in [0.25, 0.3) is 5.91 Å². The van der Waals surface area contributed by atoms with E-state index in [-0.39, 0.29) is 17.7 Å². The number of nitrogens with zero attached hydrogens (tertiary/aromatic N) is 1. The quantitative estimate of drug-likeness (QED) is 0.461. The Hall–Kier alpha value is -3.73. The van der Waals surface area contributed by atoms with Crippen LogP contribution in [0, 0.1) is 5.92 Å². The molecule has 0 aliphatic heterocycles. The van der Waals surface area contributed by atoms with Gasteiger partial charge < -0.3 is 5.32 Å². The summed E-state index contributed by atoms with van der Waals surface area (Å²) in [5.74, 6) is -0.00842. The van der Waals surface area contributed by atoms with Gasteiger partial charge in [0.2, 0.25) is 5.91 Å². The number of rotatable bonds is 6. The average Bonchev–Trinajstić information content (AvgIpc) is 3.64. The maximum atomic E-state index is 12.4. The van der Waals surface area contributed by atoms with Crippen molar-refractivity contribution in [1.82, 2.24) is 5.43 Å². The van der Waals surface area contributed by atoms with Gasteiger partial charge in [-0.1, -0.05) is 54.6 Å². The Kier molecular flexibility index (Phi) is 5.70. The molecule has 2 N–H and O–H groups in total. The summed E-state index contributed by atoms with van der Waals surface area (Å²) in [4.78, 5) is 24.2. The van der Waals surface area contributed by atoms with Gasteiger partial charge in [-0.25, -0.2) is 5.43 Å². The van der Waals surface area contributed by atoms with Crippen LogP contribution in [-0.2, 0) is 4.79 Å². The third kappa shape index (κ3) is 4.81. The Morgan fingerprint density at radius 1 is 0.800 bits per heavy atom. The van der Waals surface area contributed by atoms with Gasteiger partial charge in [-0.15, -0.1) is 0 Å². The van der Waals surface area contributed by atoms with Crippen molar-refractivity contribution in [2.75, 3.05) is 5.32 Å². The highest BCUT2D eigenvalue weighted by Gasteiger charge is 2.29. The number of carbonyl (C=O) groups excluding carboxylic acids is 2. The summed E-state index contributed by atoms with van der Waals surface area (Å²) in [6.07, 6.45) is 1.95. The predicted molar refractivity (Wildman–Crippen MR) is 119 cm³/mol. The third-order valence-electron chi connectivity index (χ3n) is 5.10. The first-order valence-corrected chi connectivity index (χ1v) is 10.0. The second-order valence-electron chi connectivity index (χ2n) is 7.42. The molecule has 1 aliphatic carbocycles. The number of hydrazone groups is 1. The zero-order chi connectivity index (χ0) is 20.9. The summed E-state index contributed by atoms with van der Waals surface area (Å²) in [6, 6.07) is 24.9. The standard InChI is InChI=1S/C25H23N3O2/c1-17(18-13-15-23(16-14-18)26-24(29)21-11-12-21)27-28-25(30)22-9-7-20(8-10-22)19-5-3-2-4-6-19/h2-10,13-16,21H,11-12H2,1H3,(H,26,29)(H,28,30)/b27-17+. The molecule has 0 unspecified atom stereocenters. The van der Waals surface area contributed by atoms with Crippen molar-refractivity contribution in [3.63, 3.8) is 0 Å². The summed E-state index contributed by atoms with van der Waals surface area (Å²) in [5, 5.41) is 7.12. The lowest BCUT2D eigenvalue weighted by atomic mass is 10.0. The van der Waals surface area contributed by atoms with Crippen LogP contribution in [0.2, 0.25) is 0 Å². The molecule has 0 saturated heterocycles. The molecular weight excluding hydrogens is 374 g/mol. The molecule has 5 heteroatoms. The third-order valence-corrected chi connectivity index (χ3v) is 5.10. The molecule has 0 atom stereocenters. The largest absolute Gasteiger partial charge is 0.326 e. The molecule has 0 radical (unpaired) electrons. The van der Waals surface area contributed by atoms with Crippen molar-refractivity contribution in [2.24, 2.45) is 11.0 Å². The number of nitrogens with one attached hydrogen (secondary N) is 2. The van der Waals surface area contributed by atoms with Crippen molar-refractivity contribution < 1.29 is 9.59 Å². The number of hydrogen-bond donors (Lipinski definition) is 2. The van der Waals surface area contributed by atoms with Crippen LogP contribution in [0.4, 0.5) is 5.69 Å². The molecule has 3 aromatic carbocycles. The van der Waals surface area contributed by atoms with Gasteiger partial charge in [0, 0.05) is 17.2 Å². The number of hydrogen-bond acceptors (Lipinski definition) is 3. The van der Waals surface area contributed by atoms with E-state index in [0.717, 1.165) is 35.2 Å². The first-order valence-electron chi connectivity index (χ1n) is 10.0. The molecule has 150 valence electrons. The summed E-state index contributed by atoms with van der Waals surface area (Å²) in [5.41, 5.74) is 7.64. The molecule has 1 saturated carbocycles. The van der Waals surface area contributed by atoms with Crippen LogP contribution in [0.5, 0.6) is 0 Å². The Bertz CT molecular complexity index is 1070. The van der Waals surface area contributed by atoms with Crippen LogP contribution in [0.1, 0.15) is 35.7 Å². The van der Waals surface area contributed by atoms with E-state index < -0.39 is 0 Å². The Balaban J connectivity index is 1.36. The van der Waals surface area contributed by atoms with Crippen molar-refractivity contribution in [3.8, 4) is 11.1 Å². The maximum Gasteiger partial charge on any atom is 0.271 e. The molecule has 1 fully saturated rings. The van der Waals surface area contributed by atoms with E-state index in [4.69, 9.17) is 0 Å². The van der Waals surface area contributed by atoms with Gasteiger partial charge in [-0.2, -0.15) is 5.10 Å². The van der Waals surface area contributed by atoms with E-state index >= 15 is 0 Å². The lowest BCUT2D eigenvalue weighted by molar-refractivity contribution is -0.117. The Morgan fingerprint density at radius 3 is 2.03 bits per heavy atom. The van der Waals surface area contributed by atoms with Gasteiger partial charge in [0.15, 0.2) is 0 Å². The fourth-order valence-corrected chi connectivity index (χ4v) is 3.09. The zero-order valence-electron chi connectivity index (χ0n) is 16.8. The van der Waals surface area contributed by atoms with Crippen molar-refractivity contribution in [3.05, 3.63) is 90.0 Å². The van der Waals surface area contributed by atoms with E-state index in [1.165, 1.54) is 0 Å². The minimum Gasteiger partial charge on any atom is -0.326 e. The maximum absolute atomic E-state index is 12.4. The monoisotopic (exact) mass is 397 g/mol. The van der Waals surface area contributed by atoms with Crippen molar-refractivity contribution in [2.45, 2.75) is 19.8 Å². The van der Waals surface area contributed by atoms with Crippen LogP contribution in [0.25, 0.3) is 11.1 Å². The summed E-state index contributed by atoms with van der Waals surface area (Å²) in [6.45, 7) is 1.83. The second-order valence-corrected chi connectivity index (χ2v) is 7.42. The van der Waals surface area contributed by atoms with E-state index in [2.05, 4.69) is 15.8 Å². The lowest BCUT2D eigenvalue weighted by Gasteiger charge is -2.07. The molecule has 0 spiro atoms. The Labute approximate surface area is 175 Å². The van der Waals surface area contributed by atoms with Crippen LogP contribution in [0.15, 0.2) is 84.0 Å². The van der Waals surface area contributed by atoms with E-state index in [0.29, 0.717) is 11.3 Å². The van der Waals surface area contributed by atoms with Gasteiger partial charge in [-0.05, 0) is 60.7 Å².